The molecule has 2 nitrogen and oxygen atoms in total. The van der Waals surface area contributed by atoms with Crippen LogP contribution < -0.4 is 0 Å². The van der Waals surface area contributed by atoms with Crippen molar-refractivity contribution in [2.45, 2.75) is 25.8 Å². The van der Waals surface area contributed by atoms with Crippen LogP contribution in [0.1, 0.15) is 30.4 Å². The molecule has 1 aromatic heterocycles. The normalized spacial score (nSPS) is 22.1. The summed E-state index contributed by atoms with van der Waals surface area (Å²) in [6.45, 7) is 5.34. The molecule has 1 aliphatic heterocycles. The van der Waals surface area contributed by atoms with Gasteiger partial charge in [-0.1, -0.05) is 37.3 Å². The van der Waals surface area contributed by atoms with Crippen molar-refractivity contribution in [2.24, 2.45) is 5.92 Å². The number of halogens is 1. The van der Waals surface area contributed by atoms with Crippen LogP contribution in [0.3, 0.4) is 0 Å². The van der Waals surface area contributed by atoms with Gasteiger partial charge in [0.15, 0.2) is 0 Å². The molecule has 2 unspecified atom stereocenters. The number of hydrogen-bond donors (Lipinski definition) is 0. The van der Waals surface area contributed by atoms with Crippen LogP contribution in [0.25, 0.3) is 11.0 Å². The molecular formula is C21H22FNO. The summed E-state index contributed by atoms with van der Waals surface area (Å²) in [6.07, 6.45) is 2.61. The van der Waals surface area contributed by atoms with E-state index in [9.17, 15) is 4.39 Å². The lowest BCUT2D eigenvalue weighted by atomic mass is 9.81. The van der Waals surface area contributed by atoms with Crippen molar-refractivity contribution < 1.29 is 8.81 Å². The molecule has 2 atom stereocenters. The van der Waals surface area contributed by atoms with Crippen LogP contribution in [-0.4, -0.2) is 18.0 Å². The van der Waals surface area contributed by atoms with Gasteiger partial charge in [0.25, 0.3) is 0 Å². The summed E-state index contributed by atoms with van der Waals surface area (Å²) < 4.78 is 19.7. The van der Waals surface area contributed by atoms with Crippen molar-refractivity contribution >= 4 is 11.0 Å². The molecule has 0 N–H and O–H groups in total. The zero-order valence-electron chi connectivity index (χ0n) is 13.9. The zero-order valence-corrected chi connectivity index (χ0v) is 13.9. The third-order valence-electron chi connectivity index (χ3n) is 5.21. The maximum absolute atomic E-state index is 14.3. The molecule has 3 aromatic rings. The molecule has 124 valence electrons. The van der Waals surface area contributed by atoms with Crippen molar-refractivity contribution in [3.8, 4) is 0 Å². The first kappa shape index (κ1) is 15.4. The molecule has 4 rings (SSSR count). The first-order valence-electron chi connectivity index (χ1n) is 8.63. The number of likely N-dealkylation sites (tertiary alicyclic amines) is 1. The van der Waals surface area contributed by atoms with Gasteiger partial charge in [0.2, 0.25) is 0 Å². The van der Waals surface area contributed by atoms with E-state index in [-0.39, 0.29) is 5.82 Å². The summed E-state index contributed by atoms with van der Waals surface area (Å²) in [4.78, 5) is 2.50. The summed E-state index contributed by atoms with van der Waals surface area (Å²) in [5.41, 5.74) is 3.08. The third kappa shape index (κ3) is 2.96. The fourth-order valence-electron chi connectivity index (χ4n) is 3.97. The second-order valence-corrected chi connectivity index (χ2v) is 6.93. The van der Waals surface area contributed by atoms with Gasteiger partial charge in [-0.2, -0.15) is 0 Å². The Morgan fingerprint density at radius 3 is 2.79 bits per heavy atom. The van der Waals surface area contributed by atoms with Crippen molar-refractivity contribution in [2.75, 3.05) is 13.1 Å². The third-order valence-corrected chi connectivity index (χ3v) is 5.21. The van der Waals surface area contributed by atoms with Crippen LogP contribution in [0.15, 0.2) is 59.2 Å². The van der Waals surface area contributed by atoms with Gasteiger partial charge in [0.1, 0.15) is 11.4 Å². The summed E-state index contributed by atoms with van der Waals surface area (Å²) in [5, 5.41) is 0.577. The number of benzene rings is 2. The lowest BCUT2D eigenvalue weighted by molar-refractivity contribution is 0.156. The predicted octanol–water partition coefficient (Wildman–Crippen LogP) is 5.20. The number of furan rings is 1. The zero-order chi connectivity index (χ0) is 16.5. The van der Waals surface area contributed by atoms with Crippen LogP contribution in [-0.2, 0) is 6.54 Å². The van der Waals surface area contributed by atoms with Gasteiger partial charge in [0, 0.05) is 13.1 Å². The predicted molar refractivity (Wildman–Crippen MR) is 94.4 cm³/mol. The standard InChI is InChI=1S/C21H22FNO/c1-15-13-23(14-16-5-3-2-4-6-16)9-7-18(15)17-11-20(22)19-8-10-24-21(19)12-17/h2-6,8,10-12,15,18H,7,9,13-14H2,1H3. The average Bonchev–Trinajstić information content (AvgIpc) is 3.05. The Hall–Kier alpha value is -2.13. The minimum Gasteiger partial charge on any atom is -0.464 e. The van der Waals surface area contributed by atoms with E-state index in [2.05, 4.69) is 42.2 Å². The Bertz CT molecular complexity index is 826. The van der Waals surface area contributed by atoms with E-state index in [1.54, 1.807) is 18.4 Å². The van der Waals surface area contributed by atoms with Crippen molar-refractivity contribution in [3.63, 3.8) is 0 Å². The number of fused-ring (bicyclic) bond motifs is 1. The first-order valence-corrected chi connectivity index (χ1v) is 8.63. The SMILES string of the molecule is CC1CN(Cc2ccccc2)CCC1c1cc(F)c2ccoc2c1. The second-order valence-electron chi connectivity index (χ2n) is 6.93. The number of rotatable bonds is 3. The van der Waals surface area contributed by atoms with Crippen molar-refractivity contribution in [1.82, 2.24) is 4.90 Å². The van der Waals surface area contributed by atoms with Gasteiger partial charge in [-0.05, 0) is 54.1 Å². The Morgan fingerprint density at radius 2 is 2.00 bits per heavy atom. The molecule has 2 heterocycles. The largest absolute Gasteiger partial charge is 0.464 e. The van der Waals surface area contributed by atoms with Gasteiger partial charge >= 0.3 is 0 Å². The van der Waals surface area contributed by atoms with E-state index < -0.39 is 0 Å². The smallest absolute Gasteiger partial charge is 0.137 e. The molecule has 0 radical (unpaired) electrons. The molecule has 1 fully saturated rings. The number of hydrogen-bond acceptors (Lipinski definition) is 2. The molecule has 0 aliphatic carbocycles. The Kier molecular flexibility index (Phi) is 4.11. The molecule has 0 amide bonds. The quantitative estimate of drug-likeness (QED) is 0.659. The summed E-state index contributed by atoms with van der Waals surface area (Å²) in [7, 11) is 0. The fraction of sp³-hybridized carbons (Fsp3) is 0.333. The van der Waals surface area contributed by atoms with Crippen LogP contribution in [0, 0.1) is 11.7 Å². The van der Waals surface area contributed by atoms with Gasteiger partial charge in [-0.15, -0.1) is 0 Å². The topological polar surface area (TPSA) is 16.4 Å². The van der Waals surface area contributed by atoms with E-state index in [1.165, 1.54) is 5.56 Å². The van der Waals surface area contributed by atoms with Gasteiger partial charge in [-0.3, -0.25) is 4.90 Å². The van der Waals surface area contributed by atoms with Crippen LogP contribution in [0.4, 0.5) is 4.39 Å². The maximum atomic E-state index is 14.3. The Labute approximate surface area is 141 Å². The highest BCUT2D eigenvalue weighted by Gasteiger charge is 2.28. The first-order chi connectivity index (χ1) is 11.7. The summed E-state index contributed by atoms with van der Waals surface area (Å²) in [5.74, 6) is 0.713. The highest BCUT2D eigenvalue weighted by atomic mass is 19.1. The monoisotopic (exact) mass is 323 g/mol. The molecule has 0 saturated carbocycles. The molecule has 3 heteroatoms. The van der Waals surface area contributed by atoms with E-state index in [1.807, 2.05) is 6.07 Å². The van der Waals surface area contributed by atoms with Crippen LogP contribution in [0.2, 0.25) is 0 Å². The van der Waals surface area contributed by atoms with Gasteiger partial charge in [0.05, 0.1) is 11.6 Å². The summed E-state index contributed by atoms with van der Waals surface area (Å²) >= 11 is 0. The average molecular weight is 323 g/mol. The second kappa shape index (κ2) is 6.40. The molecule has 1 saturated heterocycles. The van der Waals surface area contributed by atoms with E-state index in [0.717, 1.165) is 31.6 Å². The fourth-order valence-corrected chi connectivity index (χ4v) is 3.97. The molecule has 0 bridgehead atoms. The lowest BCUT2D eigenvalue weighted by Crippen LogP contribution is -2.37. The minimum absolute atomic E-state index is 0.171. The van der Waals surface area contributed by atoms with E-state index in [4.69, 9.17) is 4.42 Å². The van der Waals surface area contributed by atoms with Gasteiger partial charge < -0.3 is 4.42 Å². The minimum atomic E-state index is -0.171. The summed E-state index contributed by atoms with van der Waals surface area (Å²) in [6, 6.07) is 16.0. The lowest BCUT2D eigenvalue weighted by Gasteiger charge is -2.37. The molecule has 2 aromatic carbocycles. The maximum Gasteiger partial charge on any atom is 0.137 e. The number of piperidine rings is 1. The van der Waals surface area contributed by atoms with Crippen LogP contribution >= 0.6 is 0 Å². The Morgan fingerprint density at radius 1 is 1.17 bits per heavy atom. The van der Waals surface area contributed by atoms with Crippen LogP contribution in [0.5, 0.6) is 0 Å². The molecular weight excluding hydrogens is 301 g/mol. The van der Waals surface area contributed by atoms with E-state index >= 15 is 0 Å². The van der Waals surface area contributed by atoms with Crippen molar-refractivity contribution in [3.05, 3.63) is 71.7 Å². The highest BCUT2D eigenvalue weighted by Crippen LogP contribution is 2.35. The van der Waals surface area contributed by atoms with Gasteiger partial charge in [-0.25, -0.2) is 4.39 Å². The van der Waals surface area contributed by atoms with E-state index in [0.29, 0.717) is 22.8 Å². The Balaban J connectivity index is 1.50. The molecule has 24 heavy (non-hydrogen) atoms. The molecule has 0 spiro atoms. The molecule has 1 aliphatic rings. The highest BCUT2D eigenvalue weighted by molar-refractivity contribution is 5.78. The number of nitrogens with zero attached hydrogens (tertiary/aromatic N) is 1. The van der Waals surface area contributed by atoms with Crippen molar-refractivity contribution in [1.29, 1.82) is 0 Å².